The summed E-state index contributed by atoms with van der Waals surface area (Å²) in [6.45, 7) is 5.44. The summed E-state index contributed by atoms with van der Waals surface area (Å²) in [5.41, 5.74) is 3.65. The molecule has 0 saturated carbocycles. The number of nitrogens with zero attached hydrogens (tertiary/aromatic N) is 2. The van der Waals surface area contributed by atoms with Crippen LogP contribution in [0.5, 0.6) is 0 Å². The molecule has 26 heavy (non-hydrogen) atoms. The maximum Gasteiger partial charge on any atom is 0.307 e. The predicted octanol–water partition coefficient (Wildman–Crippen LogP) is 3.11. The van der Waals surface area contributed by atoms with Crippen molar-refractivity contribution in [2.45, 2.75) is 51.9 Å². The van der Waals surface area contributed by atoms with Crippen LogP contribution in [-0.4, -0.2) is 48.1 Å². The lowest BCUT2D eigenvalue weighted by molar-refractivity contribution is -0.143. The molecule has 1 aromatic rings. The van der Waals surface area contributed by atoms with Crippen molar-refractivity contribution < 1.29 is 14.7 Å². The van der Waals surface area contributed by atoms with E-state index in [0.29, 0.717) is 13.0 Å². The fourth-order valence-corrected chi connectivity index (χ4v) is 4.16. The van der Waals surface area contributed by atoms with Gasteiger partial charge in [0.25, 0.3) is 0 Å². The summed E-state index contributed by atoms with van der Waals surface area (Å²) < 4.78 is 0. The number of aliphatic carboxylic acids is 1. The molecule has 2 aliphatic rings. The number of anilines is 1. The second kappa shape index (κ2) is 8.67. The minimum Gasteiger partial charge on any atom is -0.481 e. The van der Waals surface area contributed by atoms with Gasteiger partial charge < -0.3 is 14.9 Å². The Labute approximate surface area is 156 Å². The van der Waals surface area contributed by atoms with Crippen LogP contribution >= 0.6 is 0 Å². The second-order valence-electron chi connectivity index (χ2n) is 7.59. The molecule has 0 spiro atoms. The minimum atomic E-state index is -0.666. The molecule has 2 heterocycles. The Morgan fingerprint density at radius 1 is 1.23 bits per heavy atom. The van der Waals surface area contributed by atoms with E-state index in [0.717, 1.165) is 63.8 Å². The number of rotatable bonds is 6. The third kappa shape index (κ3) is 4.44. The van der Waals surface area contributed by atoms with Gasteiger partial charge in [0.05, 0.1) is 5.92 Å². The lowest BCUT2D eigenvalue weighted by atomic mass is 9.96. The van der Waals surface area contributed by atoms with Crippen molar-refractivity contribution in [3.63, 3.8) is 0 Å². The monoisotopic (exact) mass is 358 g/mol. The lowest BCUT2D eigenvalue weighted by Gasteiger charge is -2.31. The Morgan fingerprint density at radius 2 is 2.08 bits per heavy atom. The van der Waals surface area contributed by atoms with E-state index in [1.165, 1.54) is 11.1 Å². The standard InChI is InChI=1S/C21H30N2O3/c1-2-5-20(24)23-12-4-6-17-14-16(8-9-19(17)23)10-13-22-11-3-7-18(15-22)21(25)26/h8-9,14,18H,2-7,10-13,15H2,1H3,(H,25,26). The Morgan fingerprint density at radius 3 is 2.85 bits per heavy atom. The van der Waals surface area contributed by atoms with E-state index in [1.807, 2.05) is 11.8 Å². The van der Waals surface area contributed by atoms with Gasteiger partial charge in [-0.1, -0.05) is 19.1 Å². The van der Waals surface area contributed by atoms with E-state index < -0.39 is 5.97 Å². The number of carboxylic acids is 1. The van der Waals surface area contributed by atoms with Crippen LogP contribution in [-0.2, 0) is 22.4 Å². The number of carbonyl (C=O) groups is 2. The number of amides is 1. The summed E-state index contributed by atoms with van der Waals surface area (Å²) in [6, 6.07) is 6.49. The van der Waals surface area contributed by atoms with Crippen LogP contribution in [0.3, 0.4) is 0 Å². The van der Waals surface area contributed by atoms with Crippen molar-refractivity contribution in [3.8, 4) is 0 Å². The zero-order chi connectivity index (χ0) is 18.5. The highest BCUT2D eigenvalue weighted by Crippen LogP contribution is 2.29. The minimum absolute atomic E-state index is 0.217. The van der Waals surface area contributed by atoms with Crippen LogP contribution in [0, 0.1) is 5.92 Å². The molecule has 1 fully saturated rings. The fraction of sp³-hybridized carbons (Fsp3) is 0.619. The number of hydrogen-bond donors (Lipinski definition) is 1. The average Bonchev–Trinajstić information content (AvgIpc) is 2.66. The SMILES string of the molecule is CCCC(=O)N1CCCc2cc(CCN3CCCC(C(=O)O)C3)ccc21. The van der Waals surface area contributed by atoms with Gasteiger partial charge in [-0.3, -0.25) is 9.59 Å². The van der Waals surface area contributed by atoms with Crippen molar-refractivity contribution in [2.75, 3.05) is 31.1 Å². The highest BCUT2D eigenvalue weighted by atomic mass is 16.4. The molecule has 5 heteroatoms. The maximum atomic E-state index is 12.3. The number of hydrogen-bond acceptors (Lipinski definition) is 3. The normalized spacial score (nSPS) is 20.7. The molecule has 0 aromatic heterocycles. The van der Waals surface area contributed by atoms with Crippen molar-refractivity contribution >= 4 is 17.6 Å². The van der Waals surface area contributed by atoms with Gasteiger partial charge in [0.1, 0.15) is 0 Å². The van der Waals surface area contributed by atoms with E-state index in [-0.39, 0.29) is 11.8 Å². The average molecular weight is 358 g/mol. The number of likely N-dealkylation sites (tertiary alicyclic amines) is 1. The Kier molecular flexibility index (Phi) is 6.30. The number of piperidine rings is 1. The van der Waals surface area contributed by atoms with E-state index in [2.05, 4.69) is 23.1 Å². The fourth-order valence-electron chi connectivity index (χ4n) is 4.16. The van der Waals surface area contributed by atoms with Gasteiger partial charge in [-0.15, -0.1) is 0 Å². The quantitative estimate of drug-likeness (QED) is 0.849. The smallest absolute Gasteiger partial charge is 0.307 e. The topological polar surface area (TPSA) is 60.9 Å². The van der Waals surface area contributed by atoms with Crippen LogP contribution in [0.25, 0.3) is 0 Å². The van der Waals surface area contributed by atoms with E-state index in [1.54, 1.807) is 0 Å². The van der Waals surface area contributed by atoms with Gasteiger partial charge in [-0.2, -0.15) is 0 Å². The summed E-state index contributed by atoms with van der Waals surface area (Å²) in [7, 11) is 0. The number of benzene rings is 1. The molecule has 0 bridgehead atoms. The highest BCUT2D eigenvalue weighted by molar-refractivity contribution is 5.94. The largest absolute Gasteiger partial charge is 0.481 e. The van der Waals surface area contributed by atoms with Crippen LogP contribution < -0.4 is 4.90 Å². The molecular formula is C21H30N2O3. The highest BCUT2D eigenvalue weighted by Gasteiger charge is 2.25. The van der Waals surface area contributed by atoms with Crippen LogP contribution in [0.2, 0.25) is 0 Å². The first-order chi connectivity index (χ1) is 12.6. The molecule has 1 aromatic carbocycles. The number of carboxylic acid groups (broad SMARTS) is 1. The van der Waals surface area contributed by atoms with Gasteiger partial charge >= 0.3 is 5.97 Å². The van der Waals surface area contributed by atoms with Crippen molar-refractivity contribution in [2.24, 2.45) is 5.92 Å². The molecular weight excluding hydrogens is 328 g/mol. The Bertz CT molecular complexity index is 659. The molecule has 2 aliphatic heterocycles. The molecule has 1 unspecified atom stereocenters. The molecule has 0 aliphatic carbocycles. The lowest BCUT2D eigenvalue weighted by Crippen LogP contribution is -2.39. The van der Waals surface area contributed by atoms with Crippen LogP contribution in [0.1, 0.15) is 50.2 Å². The van der Waals surface area contributed by atoms with Crippen molar-refractivity contribution in [3.05, 3.63) is 29.3 Å². The summed E-state index contributed by atoms with van der Waals surface area (Å²) in [5, 5.41) is 9.22. The summed E-state index contributed by atoms with van der Waals surface area (Å²) >= 11 is 0. The zero-order valence-corrected chi connectivity index (χ0v) is 15.7. The van der Waals surface area contributed by atoms with Crippen LogP contribution in [0.4, 0.5) is 5.69 Å². The summed E-state index contributed by atoms with van der Waals surface area (Å²) in [4.78, 5) is 27.8. The number of carbonyl (C=O) groups excluding carboxylic acids is 1. The van der Waals surface area contributed by atoms with Gasteiger partial charge in [0, 0.05) is 31.7 Å². The first kappa shape index (κ1) is 18.9. The molecule has 1 amide bonds. The van der Waals surface area contributed by atoms with Gasteiger partial charge in [-0.05, 0) is 62.3 Å². The van der Waals surface area contributed by atoms with E-state index in [9.17, 15) is 14.7 Å². The van der Waals surface area contributed by atoms with Gasteiger partial charge in [0.15, 0.2) is 0 Å². The molecule has 1 atom stereocenters. The van der Waals surface area contributed by atoms with Gasteiger partial charge in [0.2, 0.25) is 5.91 Å². The molecule has 5 nitrogen and oxygen atoms in total. The van der Waals surface area contributed by atoms with E-state index >= 15 is 0 Å². The van der Waals surface area contributed by atoms with Gasteiger partial charge in [-0.25, -0.2) is 0 Å². The Balaban J connectivity index is 1.62. The van der Waals surface area contributed by atoms with Crippen LogP contribution in [0.15, 0.2) is 18.2 Å². The first-order valence-corrected chi connectivity index (χ1v) is 9.95. The molecule has 1 N–H and O–H groups in total. The van der Waals surface area contributed by atoms with Crippen molar-refractivity contribution in [1.82, 2.24) is 4.90 Å². The second-order valence-corrected chi connectivity index (χ2v) is 7.59. The van der Waals surface area contributed by atoms with E-state index in [4.69, 9.17) is 0 Å². The summed E-state index contributed by atoms with van der Waals surface area (Å²) in [6.07, 6.45) is 6.25. The first-order valence-electron chi connectivity index (χ1n) is 9.95. The molecule has 3 rings (SSSR count). The number of aryl methyl sites for hydroxylation is 1. The maximum absolute atomic E-state index is 12.3. The third-order valence-corrected chi connectivity index (χ3v) is 5.60. The molecule has 1 saturated heterocycles. The zero-order valence-electron chi connectivity index (χ0n) is 15.7. The van der Waals surface area contributed by atoms with Crippen molar-refractivity contribution in [1.29, 1.82) is 0 Å². The third-order valence-electron chi connectivity index (χ3n) is 5.60. The predicted molar refractivity (Wildman–Crippen MR) is 103 cm³/mol. The molecule has 0 radical (unpaired) electrons. The summed E-state index contributed by atoms with van der Waals surface area (Å²) in [5.74, 6) is -0.653. The number of fused-ring (bicyclic) bond motifs is 1. The Hall–Kier alpha value is -1.88. The molecule has 142 valence electrons.